The molecule has 1 N–H and O–H groups in total. The van der Waals surface area contributed by atoms with Crippen molar-refractivity contribution in [3.05, 3.63) is 99.5 Å². The Morgan fingerprint density at radius 1 is 0.953 bits per heavy atom. The molecule has 0 bridgehead atoms. The number of anilines is 1. The number of nitrogens with one attached hydrogen (secondary N) is 1. The smallest absolute Gasteiger partial charge is 0.354 e. The molecule has 1 unspecified atom stereocenters. The van der Waals surface area contributed by atoms with E-state index in [-0.39, 0.29) is 18.0 Å². The van der Waals surface area contributed by atoms with Gasteiger partial charge in [-0.15, -0.1) is 0 Å². The Labute approximate surface area is 259 Å². The summed E-state index contributed by atoms with van der Waals surface area (Å²) in [7, 11) is -4.32. The Hall–Kier alpha value is -3.28. The molecule has 3 rings (SSSR count). The zero-order chi connectivity index (χ0) is 31.8. The van der Waals surface area contributed by atoms with Crippen molar-refractivity contribution in [2.24, 2.45) is 0 Å². The van der Waals surface area contributed by atoms with Crippen molar-refractivity contribution >= 4 is 50.7 Å². The van der Waals surface area contributed by atoms with Crippen LogP contribution in [0.2, 0.25) is 10.0 Å². The molecule has 0 spiro atoms. The number of carbonyl (C=O) groups excluding carboxylic acids is 2. The lowest BCUT2D eigenvalue weighted by Gasteiger charge is -2.33. The summed E-state index contributed by atoms with van der Waals surface area (Å²) < 4.78 is 66.8. The summed E-state index contributed by atoms with van der Waals surface area (Å²) in [6.07, 6.45) is -2.42. The molecule has 0 heterocycles. The van der Waals surface area contributed by atoms with E-state index in [0.29, 0.717) is 33.9 Å². The molecule has 0 saturated carbocycles. The van der Waals surface area contributed by atoms with Gasteiger partial charge >= 0.3 is 6.18 Å². The van der Waals surface area contributed by atoms with Crippen LogP contribution in [0.4, 0.5) is 18.9 Å². The molecule has 0 radical (unpaired) electrons. The Morgan fingerprint density at radius 2 is 1.63 bits per heavy atom. The number of rotatable bonds is 13. The first kappa shape index (κ1) is 34.2. The fourth-order valence-corrected chi connectivity index (χ4v) is 5.70. The van der Waals surface area contributed by atoms with Crippen LogP contribution in [0.5, 0.6) is 0 Å². The lowest BCUT2D eigenvalue weighted by atomic mass is 10.0. The molecule has 0 aliphatic carbocycles. The van der Waals surface area contributed by atoms with E-state index in [4.69, 9.17) is 23.2 Å². The molecule has 13 heteroatoms. The number of benzene rings is 3. The second kappa shape index (κ2) is 14.9. The molecule has 3 aromatic carbocycles. The van der Waals surface area contributed by atoms with Crippen LogP contribution >= 0.6 is 23.2 Å². The number of nitrogens with zero attached hydrogens (tertiary/aromatic N) is 2. The number of carbonyl (C=O) groups is 2. The summed E-state index contributed by atoms with van der Waals surface area (Å²) in [4.78, 5) is 28.9. The van der Waals surface area contributed by atoms with Crippen molar-refractivity contribution in [3.63, 3.8) is 0 Å². The number of halogens is 5. The van der Waals surface area contributed by atoms with Gasteiger partial charge in [0.1, 0.15) is 12.6 Å². The molecule has 3 aromatic rings. The number of hydrogen-bond acceptors (Lipinski definition) is 4. The molecule has 7 nitrogen and oxygen atoms in total. The van der Waals surface area contributed by atoms with Gasteiger partial charge in [-0.1, -0.05) is 79.0 Å². The highest BCUT2D eigenvalue weighted by atomic mass is 35.5. The Kier molecular flexibility index (Phi) is 11.9. The van der Waals surface area contributed by atoms with Crippen LogP contribution in [0.25, 0.3) is 0 Å². The van der Waals surface area contributed by atoms with Gasteiger partial charge in [0, 0.05) is 24.5 Å². The van der Waals surface area contributed by atoms with Crippen LogP contribution < -0.4 is 9.62 Å². The number of unbranched alkanes of at least 4 members (excludes halogenated alkanes) is 1. The SMILES string of the molecule is CCCCNC(=O)C(Cc1ccccc1)N(Cc1cccc(Cl)c1)C(=O)CN(c1cc(C(F)(F)F)ccc1Cl)S(C)(=O)=O. The monoisotopic (exact) mass is 657 g/mol. The zero-order valence-electron chi connectivity index (χ0n) is 23.6. The summed E-state index contributed by atoms with van der Waals surface area (Å²) in [5.74, 6) is -1.29. The minimum Gasteiger partial charge on any atom is -0.354 e. The molecule has 0 aliphatic heterocycles. The van der Waals surface area contributed by atoms with Gasteiger partial charge in [-0.05, 0) is 47.9 Å². The van der Waals surface area contributed by atoms with E-state index in [1.165, 1.54) is 4.90 Å². The third kappa shape index (κ3) is 9.87. The first-order chi connectivity index (χ1) is 20.2. The molecule has 0 fully saturated rings. The summed E-state index contributed by atoms with van der Waals surface area (Å²) >= 11 is 12.4. The van der Waals surface area contributed by atoms with Crippen molar-refractivity contribution in [3.8, 4) is 0 Å². The second-order valence-electron chi connectivity index (χ2n) is 9.94. The first-order valence-electron chi connectivity index (χ1n) is 13.4. The highest BCUT2D eigenvalue weighted by molar-refractivity contribution is 7.92. The van der Waals surface area contributed by atoms with Crippen molar-refractivity contribution in [1.29, 1.82) is 0 Å². The summed E-state index contributed by atoms with van der Waals surface area (Å²) in [6, 6.07) is 16.7. The molecule has 1 atom stereocenters. The lowest BCUT2D eigenvalue weighted by molar-refractivity contribution is -0.140. The number of alkyl halides is 3. The van der Waals surface area contributed by atoms with E-state index in [1.807, 2.05) is 6.92 Å². The summed E-state index contributed by atoms with van der Waals surface area (Å²) in [5.41, 5.74) is -0.353. The van der Waals surface area contributed by atoms with Crippen molar-refractivity contribution < 1.29 is 31.2 Å². The molecular formula is C30H32Cl2F3N3O4S. The molecule has 2 amide bonds. The maximum Gasteiger partial charge on any atom is 0.416 e. The Morgan fingerprint density at radius 3 is 2.23 bits per heavy atom. The Bertz CT molecular complexity index is 1520. The maximum atomic E-state index is 14.1. The minimum absolute atomic E-state index is 0.0916. The fraction of sp³-hybridized carbons (Fsp3) is 0.333. The summed E-state index contributed by atoms with van der Waals surface area (Å²) in [5, 5.41) is 2.93. The van der Waals surface area contributed by atoms with E-state index in [9.17, 15) is 31.2 Å². The van der Waals surface area contributed by atoms with Crippen molar-refractivity contribution in [1.82, 2.24) is 10.2 Å². The third-order valence-electron chi connectivity index (χ3n) is 6.56. The number of amides is 2. The van der Waals surface area contributed by atoms with Gasteiger partial charge in [0.2, 0.25) is 21.8 Å². The normalized spacial score (nSPS) is 12.4. The van der Waals surface area contributed by atoms with Crippen LogP contribution in [0, 0.1) is 0 Å². The highest BCUT2D eigenvalue weighted by Gasteiger charge is 2.35. The molecule has 43 heavy (non-hydrogen) atoms. The van der Waals surface area contributed by atoms with E-state index < -0.39 is 51.9 Å². The van der Waals surface area contributed by atoms with Gasteiger partial charge in [0.15, 0.2) is 0 Å². The van der Waals surface area contributed by atoms with Crippen molar-refractivity contribution in [2.75, 3.05) is 23.7 Å². The van der Waals surface area contributed by atoms with E-state index in [2.05, 4.69) is 5.32 Å². The standard InChI is InChI=1S/C30H32Cl2F3N3O4S/c1-3-4-15-36-29(40)27(17-21-9-6-5-7-10-21)37(19-22-11-8-12-24(31)16-22)28(39)20-38(43(2,41)42)26-18-23(30(33,34)35)13-14-25(26)32/h5-14,16,18,27H,3-4,15,17,19-20H2,1-2H3,(H,36,40). The average molecular weight is 659 g/mol. The maximum absolute atomic E-state index is 14.1. The topological polar surface area (TPSA) is 86.8 Å². The number of sulfonamides is 1. The van der Waals surface area contributed by atoms with Gasteiger partial charge in [0.25, 0.3) is 0 Å². The predicted octanol–water partition coefficient (Wildman–Crippen LogP) is 6.33. The van der Waals surface area contributed by atoms with Crippen LogP contribution in [-0.2, 0) is 38.8 Å². The minimum atomic E-state index is -4.79. The van der Waals surface area contributed by atoms with E-state index in [0.717, 1.165) is 30.4 Å². The third-order valence-corrected chi connectivity index (χ3v) is 8.25. The fourth-order valence-electron chi connectivity index (χ4n) is 4.37. The van der Waals surface area contributed by atoms with Crippen molar-refractivity contribution in [2.45, 2.75) is 44.9 Å². The quantitative estimate of drug-likeness (QED) is 0.218. The van der Waals surface area contributed by atoms with Crippen LogP contribution in [0.1, 0.15) is 36.5 Å². The number of hydrogen-bond donors (Lipinski definition) is 1. The largest absolute Gasteiger partial charge is 0.416 e. The molecular weight excluding hydrogens is 626 g/mol. The van der Waals surface area contributed by atoms with Gasteiger partial charge in [-0.25, -0.2) is 8.42 Å². The predicted molar refractivity (Wildman–Crippen MR) is 162 cm³/mol. The zero-order valence-corrected chi connectivity index (χ0v) is 25.9. The molecule has 0 aromatic heterocycles. The lowest BCUT2D eigenvalue weighted by Crippen LogP contribution is -2.53. The Balaban J connectivity index is 2.10. The first-order valence-corrected chi connectivity index (χ1v) is 16.0. The molecule has 0 saturated heterocycles. The van der Waals surface area contributed by atoms with Crippen LogP contribution in [0.3, 0.4) is 0 Å². The van der Waals surface area contributed by atoms with Gasteiger partial charge in [-0.3, -0.25) is 13.9 Å². The van der Waals surface area contributed by atoms with E-state index in [1.54, 1.807) is 54.6 Å². The van der Waals surface area contributed by atoms with Gasteiger partial charge in [0.05, 0.1) is 22.5 Å². The molecule has 232 valence electrons. The summed E-state index contributed by atoms with van der Waals surface area (Å²) in [6.45, 7) is 1.27. The average Bonchev–Trinajstić information content (AvgIpc) is 2.93. The van der Waals surface area contributed by atoms with Crippen LogP contribution in [-0.4, -0.2) is 50.5 Å². The van der Waals surface area contributed by atoms with Gasteiger partial charge in [-0.2, -0.15) is 13.2 Å². The molecule has 0 aliphatic rings. The van der Waals surface area contributed by atoms with E-state index >= 15 is 0 Å². The van der Waals surface area contributed by atoms with Gasteiger partial charge < -0.3 is 10.2 Å². The second-order valence-corrected chi connectivity index (χ2v) is 12.7. The highest BCUT2D eigenvalue weighted by Crippen LogP contribution is 2.36. The van der Waals surface area contributed by atoms with Crippen LogP contribution in [0.15, 0.2) is 72.8 Å².